The van der Waals surface area contributed by atoms with Crippen LogP contribution in [-0.4, -0.2) is 20.7 Å². The van der Waals surface area contributed by atoms with Crippen LogP contribution in [0.3, 0.4) is 0 Å². The summed E-state index contributed by atoms with van der Waals surface area (Å²) in [7, 11) is -3.05. The molecule has 0 radical (unpaired) electrons. The van der Waals surface area contributed by atoms with Gasteiger partial charge in [-0.2, -0.15) is 0 Å². The van der Waals surface area contributed by atoms with E-state index < -0.39 is 10.0 Å². The van der Waals surface area contributed by atoms with Gasteiger partial charge in [0, 0.05) is 6.54 Å². The highest BCUT2D eigenvalue weighted by molar-refractivity contribution is 7.89. The minimum Gasteiger partial charge on any atom is -0.472 e. The normalized spacial score (nSPS) is 11.8. The Labute approximate surface area is 78.0 Å². The lowest BCUT2D eigenvalue weighted by Crippen LogP contribution is -2.27. The predicted octanol–water partition coefficient (Wildman–Crippen LogP) is 0.761. The Bertz CT molecular complexity index is 328. The highest BCUT2D eigenvalue weighted by Crippen LogP contribution is 1.99. The fourth-order valence-corrected chi connectivity index (χ4v) is 1.51. The molecule has 1 aromatic heterocycles. The van der Waals surface area contributed by atoms with Crippen LogP contribution in [0, 0.1) is 0 Å². The van der Waals surface area contributed by atoms with Gasteiger partial charge in [-0.3, -0.25) is 0 Å². The Morgan fingerprint density at radius 2 is 2.31 bits per heavy atom. The summed E-state index contributed by atoms with van der Waals surface area (Å²) in [5.74, 6) is 0.123. The van der Waals surface area contributed by atoms with Gasteiger partial charge in [0.1, 0.15) is 0 Å². The minimum atomic E-state index is -3.05. The number of furan rings is 1. The summed E-state index contributed by atoms with van der Waals surface area (Å²) in [5, 5.41) is 0. The van der Waals surface area contributed by atoms with Gasteiger partial charge in [0.15, 0.2) is 0 Å². The van der Waals surface area contributed by atoms with Gasteiger partial charge < -0.3 is 4.42 Å². The third kappa shape index (κ3) is 3.61. The number of hydrogen-bond donors (Lipinski definition) is 1. The molecule has 0 amide bonds. The molecule has 74 valence electrons. The molecule has 0 aromatic carbocycles. The van der Waals surface area contributed by atoms with E-state index in [-0.39, 0.29) is 5.75 Å². The largest absolute Gasteiger partial charge is 0.472 e. The number of rotatable bonds is 5. The smallest absolute Gasteiger partial charge is 0.211 e. The molecule has 0 aliphatic carbocycles. The standard InChI is InChI=1S/C8H13NO3S/c1-2-13(10,11)9-5-3-8-4-6-12-7-8/h4,6-7,9H,2-3,5H2,1H3. The van der Waals surface area contributed by atoms with Crippen molar-refractivity contribution >= 4 is 10.0 Å². The molecular formula is C8H13NO3S. The van der Waals surface area contributed by atoms with Crippen molar-refractivity contribution in [1.29, 1.82) is 0 Å². The molecule has 5 heteroatoms. The molecule has 0 unspecified atom stereocenters. The predicted molar refractivity (Wildman–Crippen MR) is 49.9 cm³/mol. The molecule has 4 nitrogen and oxygen atoms in total. The van der Waals surface area contributed by atoms with Crippen molar-refractivity contribution < 1.29 is 12.8 Å². The molecule has 0 bridgehead atoms. The summed E-state index contributed by atoms with van der Waals surface area (Å²) in [6, 6.07) is 1.82. The van der Waals surface area contributed by atoms with E-state index in [0.29, 0.717) is 13.0 Å². The maximum atomic E-state index is 11.0. The first-order valence-corrected chi connectivity index (χ1v) is 5.77. The van der Waals surface area contributed by atoms with Crippen molar-refractivity contribution in [2.75, 3.05) is 12.3 Å². The molecule has 1 aromatic rings. The Morgan fingerprint density at radius 3 is 2.85 bits per heavy atom. The Balaban J connectivity index is 2.30. The molecule has 0 aliphatic rings. The molecule has 1 heterocycles. The molecule has 0 saturated heterocycles. The fourth-order valence-electron chi connectivity index (χ4n) is 0.888. The Hall–Kier alpha value is -0.810. The van der Waals surface area contributed by atoms with Crippen LogP contribution in [-0.2, 0) is 16.4 Å². The second-order valence-electron chi connectivity index (χ2n) is 2.68. The lowest BCUT2D eigenvalue weighted by molar-refractivity contribution is 0.562. The molecule has 0 spiro atoms. The van der Waals surface area contributed by atoms with E-state index >= 15 is 0 Å². The average molecular weight is 203 g/mol. The molecule has 0 fully saturated rings. The summed E-state index contributed by atoms with van der Waals surface area (Å²) in [6.45, 7) is 2.04. The van der Waals surface area contributed by atoms with E-state index in [1.54, 1.807) is 19.5 Å². The van der Waals surface area contributed by atoms with Crippen molar-refractivity contribution in [2.24, 2.45) is 0 Å². The zero-order valence-electron chi connectivity index (χ0n) is 7.49. The van der Waals surface area contributed by atoms with Gasteiger partial charge >= 0.3 is 0 Å². The van der Waals surface area contributed by atoms with Crippen LogP contribution in [0.5, 0.6) is 0 Å². The summed E-state index contributed by atoms with van der Waals surface area (Å²) >= 11 is 0. The van der Waals surface area contributed by atoms with Gasteiger partial charge in [0.05, 0.1) is 18.3 Å². The van der Waals surface area contributed by atoms with Gasteiger partial charge in [-0.25, -0.2) is 13.1 Å². The summed E-state index contributed by atoms with van der Waals surface area (Å²) in [6.07, 6.45) is 3.85. The van der Waals surface area contributed by atoms with Gasteiger partial charge in [-0.15, -0.1) is 0 Å². The molecule has 1 rings (SSSR count). The topological polar surface area (TPSA) is 59.3 Å². The Morgan fingerprint density at radius 1 is 1.54 bits per heavy atom. The SMILES string of the molecule is CCS(=O)(=O)NCCc1ccoc1. The highest BCUT2D eigenvalue weighted by atomic mass is 32.2. The molecule has 0 aliphatic heterocycles. The molecule has 1 N–H and O–H groups in total. The number of hydrogen-bond acceptors (Lipinski definition) is 3. The van der Waals surface area contributed by atoms with E-state index in [1.807, 2.05) is 6.07 Å². The van der Waals surface area contributed by atoms with Crippen LogP contribution in [0.4, 0.5) is 0 Å². The van der Waals surface area contributed by atoms with E-state index in [4.69, 9.17) is 4.42 Å². The Kier molecular flexibility index (Phi) is 3.50. The number of sulfonamides is 1. The molecular weight excluding hydrogens is 190 g/mol. The lowest BCUT2D eigenvalue weighted by atomic mass is 10.2. The molecule has 0 saturated carbocycles. The van der Waals surface area contributed by atoms with Gasteiger partial charge in [-0.05, 0) is 25.0 Å². The van der Waals surface area contributed by atoms with Crippen molar-refractivity contribution in [3.05, 3.63) is 24.2 Å². The van der Waals surface area contributed by atoms with Gasteiger partial charge in [0.25, 0.3) is 0 Å². The van der Waals surface area contributed by atoms with Crippen LogP contribution < -0.4 is 4.72 Å². The fraction of sp³-hybridized carbons (Fsp3) is 0.500. The summed E-state index contributed by atoms with van der Waals surface area (Å²) < 4.78 is 29.3. The van der Waals surface area contributed by atoms with Crippen LogP contribution >= 0.6 is 0 Å². The van der Waals surface area contributed by atoms with Crippen molar-refractivity contribution in [1.82, 2.24) is 4.72 Å². The van der Waals surface area contributed by atoms with E-state index in [0.717, 1.165) is 5.56 Å². The van der Waals surface area contributed by atoms with Crippen molar-refractivity contribution in [3.63, 3.8) is 0 Å². The third-order valence-electron chi connectivity index (χ3n) is 1.70. The molecule has 0 atom stereocenters. The minimum absolute atomic E-state index is 0.123. The van der Waals surface area contributed by atoms with Crippen LogP contribution in [0.2, 0.25) is 0 Å². The van der Waals surface area contributed by atoms with Crippen LogP contribution in [0.15, 0.2) is 23.0 Å². The third-order valence-corrected chi connectivity index (χ3v) is 3.10. The first-order valence-electron chi connectivity index (χ1n) is 4.12. The van der Waals surface area contributed by atoms with Crippen LogP contribution in [0.25, 0.3) is 0 Å². The molecule has 13 heavy (non-hydrogen) atoms. The van der Waals surface area contributed by atoms with Gasteiger partial charge in [-0.1, -0.05) is 0 Å². The van der Waals surface area contributed by atoms with E-state index in [1.165, 1.54) is 0 Å². The average Bonchev–Trinajstić information content (AvgIpc) is 2.57. The first-order chi connectivity index (χ1) is 6.14. The monoisotopic (exact) mass is 203 g/mol. The lowest BCUT2D eigenvalue weighted by Gasteiger charge is -2.01. The number of nitrogens with one attached hydrogen (secondary N) is 1. The van der Waals surface area contributed by atoms with Crippen molar-refractivity contribution in [2.45, 2.75) is 13.3 Å². The zero-order valence-corrected chi connectivity index (χ0v) is 8.30. The highest BCUT2D eigenvalue weighted by Gasteiger charge is 2.04. The maximum absolute atomic E-state index is 11.0. The van der Waals surface area contributed by atoms with E-state index in [9.17, 15) is 8.42 Å². The van der Waals surface area contributed by atoms with Crippen molar-refractivity contribution in [3.8, 4) is 0 Å². The second-order valence-corrected chi connectivity index (χ2v) is 4.77. The van der Waals surface area contributed by atoms with Gasteiger partial charge in [0.2, 0.25) is 10.0 Å². The maximum Gasteiger partial charge on any atom is 0.211 e. The quantitative estimate of drug-likeness (QED) is 0.768. The van der Waals surface area contributed by atoms with Crippen LogP contribution in [0.1, 0.15) is 12.5 Å². The second kappa shape index (κ2) is 4.43. The van der Waals surface area contributed by atoms with E-state index in [2.05, 4.69) is 4.72 Å². The zero-order chi connectivity index (χ0) is 9.73. The summed E-state index contributed by atoms with van der Waals surface area (Å²) in [4.78, 5) is 0. The first kappa shape index (κ1) is 10.3. The summed E-state index contributed by atoms with van der Waals surface area (Å²) in [5.41, 5.74) is 0.999.